The second-order valence-corrected chi connectivity index (χ2v) is 4.49. The van der Waals surface area contributed by atoms with Crippen molar-refractivity contribution in [3.05, 3.63) is 12.7 Å². The monoisotopic (exact) mass is 243 g/mol. The van der Waals surface area contributed by atoms with E-state index in [-0.39, 0.29) is 18.1 Å². The number of nitrogens with zero attached hydrogens (tertiary/aromatic N) is 1. The molecule has 1 aliphatic rings. The van der Waals surface area contributed by atoms with Gasteiger partial charge < -0.3 is 9.47 Å². The zero-order valence-electron chi connectivity index (χ0n) is 10.9. The number of amides is 1. The van der Waals surface area contributed by atoms with Gasteiger partial charge in [-0.3, -0.25) is 9.63 Å². The molecule has 1 aliphatic heterocycles. The van der Waals surface area contributed by atoms with Crippen molar-refractivity contribution in [1.82, 2.24) is 5.06 Å². The molecule has 1 amide bonds. The minimum atomic E-state index is -0.611. The fourth-order valence-electron chi connectivity index (χ4n) is 1.81. The molecule has 5 heteroatoms. The van der Waals surface area contributed by atoms with Crippen molar-refractivity contribution in [2.24, 2.45) is 0 Å². The number of hydroxylamine groups is 2. The molecule has 17 heavy (non-hydrogen) atoms. The standard InChI is InChI=1S/C12H21NO4/c1-6-9-10(17-12(2,3)16-9)7-8-11(14)13(4)15-5/h6,9-10H,1,7-8H2,2-5H3/t9-,10+/m1/s1. The lowest BCUT2D eigenvalue weighted by Gasteiger charge is -2.18. The number of rotatable bonds is 5. The van der Waals surface area contributed by atoms with Crippen LogP contribution in [0.3, 0.4) is 0 Å². The summed E-state index contributed by atoms with van der Waals surface area (Å²) >= 11 is 0. The summed E-state index contributed by atoms with van der Waals surface area (Å²) in [5, 5.41) is 1.21. The fraction of sp³-hybridized carbons (Fsp3) is 0.750. The zero-order chi connectivity index (χ0) is 13.1. The van der Waals surface area contributed by atoms with E-state index in [2.05, 4.69) is 6.58 Å². The maximum Gasteiger partial charge on any atom is 0.245 e. The Kier molecular flexibility index (Phi) is 4.68. The average Bonchev–Trinajstić information content (AvgIpc) is 2.59. The molecule has 0 aromatic carbocycles. The molecular formula is C12H21NO4. The number of carbonyl (C=O) groups is 1. The molecule has 0 aromatic heterocycles. The predicted octanol–water partition coefficient (Wildman–Crippen LogP) is 1.49. The van der Waals surface area contributed by atoms with E-state index in [0.29, 0.717) is 12.8 Å². The van der Waals surface area contributed by atoms with Crippen LogP contribution in [0.25, 0.3) is 0 Å². The van der Waals surface area contributed by atoms with Crippen LogP contribution in [0.15, 0.2) is 12.7 Å². The number of hydrogen-bond acceptors (Lipinski definition) is 4. The molecule has 0 spiro atoms. The van der Waals surface area contributed by atoms with Crippen LogP contribution >= 0.6 is 0 Å². The largest absolute Gasteiger partial charge is 0.344 e. The van der Waals surface area contributed by atoms with E-state index in [1.54, 1.807) is 13.1 Å². The lowest BCUT2D eigenvalue weighted by molar-refractivity contribution is -0.170. The van der Waals surface area contributed by atoms with Crippen molar-refractivity contribution < 1.29 is 19.1 Å². The first-order chi connectivity index (χ1) is 7.89. The highest BCUT2D eigenvalue weighted by molar-refractivity contribution is 5.74. The van der Waals surface area contributed by atoms with Crippen molar-refractivity contribution in [1.29, 1.82) is 0 Å². The van der Waals surface area contributed by atoms with Gasteiger partial charge in [-0.05, 0) is 20.3 Å². The van der Waals surface area contributed by atoms with E-state index < -0.39 is 5.79 Å². The lowest BCUT2D eigenvalue weighted by Crippen LogP contribution is -2.28. The van der Waals surface area contributed by atoms with Crippen LogP contribution in [0.2, 0.25) is 0 Å². The van der Waals surface area contributed by atoms with Gasteiger partial charge in [0.05, 0.1) is 13.2 Å². The summed E-state index contributed by atoms with van der Waals surface area (Å²) in [4.78, 5) is 16.4. The van der Waals surface area contributed by atoms with Crippen molar-refractivity contribution in [3.8, 4) is 0 Å². The number of hydrogen-bond donors (Lipinski definition) is 0. The highest BCUT2D eigenvalue weighted by Gasteiger charge is 2.39. The summed E-state index contributed by atoms with van der Waals surface area (Å²) in [6, 6.07) is 0. The Hall–Kier alpha value is -0.910. The first kappa shape index (κ1) is 14.2. The summed E-state index contributed by atoms with van der Waals surface area (Å²) in [5.41, 5.74) is 0. The minimum Gasteiger partial charge on any atom is -0.344 e. The first-order valence-corrected chi connectivity index (χ1v) is 5.68. The van der Waals surface area contributed by atoms with Crippen LogP contribution in [0.5, 0.6) is 0 Å². The molecule has 5 nitrogen and oxygen atoms in total. The maximum absolute atomic E-state index is 11.6. The van der Waals surface area contributed by atoms with E-state index in [1.165, 1.54) is 12.2 Å². The quantitative estimate of drug-likeness (QED) is 0.542. The van der Waals surface area contributed by atoms with Crippen LogP contribution in [-0.4, -0.2) is 43.1 Å². The van der Waals surface area contributed by atoms with Gasteiger partial charge in [-0.15, -0.1) is 6.58 Å². The van der Waals surface area contributed by atoms with Crippen molar-refractivity contribution in [2.75, 3.05) is 14.2 Å². The van der Waals surface area contributed by atoms with Gasteiger partial charge in [0, 0.05) is 13.5 Å². The summed E-state index contributed by atoms with van der Waals surface area (Å²) in [6.45, 7) is 7.42. The minimum absolute atomic E-state index is 0.0800. The SMILES string of the molecule is C=C[C@H]1OC(C)(C)O[C@H]1CCC(=O)N(C)OC. The van der Waals surface area contributed by atoms with E-state index in [4.69, 9.17) is 14.3 Å². The van der Waals surface area contributed by atoms with E-state index in [1.807, 2.05) is 13.8 Å². The normalized spacial score (nSPS) is 26.8. The molecule has 1 heterocycles. The van der Waals surface area contributed by atoms with Gasteiger partial charge >= 0.3 is 0 Å². The summed E-state index contributed by atoms with van der Waals surface area (Å²) < 4.78 is 11.3. The molecular weight excluding hydrogens is 222 g/mol. The molecule has 0 aromatic rings. The Labute approximate surface area is 102 Å². The van der Waals surface area contributed by atoms with Gasteiger partial charge in [0.2, 0.25) is 5.91 Å². The molecule has 0 N–H and O–H groups in total. The first-order valence-electron chi connectivity index (χ1n) is 5.68. The predicted molar refractivity (Wildman–Crippen MR) is 63.0 cm³/mol. The Morgan fingerprint density at radius 2 is 2.18 bits per heavy atom. The van der Waals surface area contributed by atoms with Crippen molar-refractivity contribution in [3.63, 3.8) is 0 Å². The molecule has 1 fully saturated rings. The Bertz CT molecular complexity index is 290. The highest BCUT2D eigenvalue weighted by atomic mass is 16.7. The van der Waals surface area contributed by atoms with Crippen LogP contribution < -0.4 is 0 Å². The molecule has 2 atom stereocenters. The third kappa shape index (κ3) is 3.80. The van der Waals surface area contributed by atoms with E-state index in [0.717, 1.165) is 0 Å². The summed E-state index contributed by atoms with van der Waals surface area (Å²) in [7, 11) is 3.05. The molecule has 0 aliphatic carbocycles. The highest BCUT2D eigenvalue weighted by Crippen LogP contribution is 2.31. The topological polar surface area (TPSA) is 48.0 Å². The van der Waals surface area contributed by atoms with Crippen LogP contribution in [0.4, 0.5) is 0 Å². The van der Waals surface area contributed by atoms with Gasteiger partial charge in [0.15, 0.2) is 5.79 Å². The molecule has 1 saturated heterocycles. The lowest BCUT2D eigenvalue weighted by atomic mass is 10.1. The molecule has 0 unspecified atom stereocenters. The second kappa shape index (κ2) is 5.62. The third-order valence-electron chi connectivity index (χ3n) is 2.72. The summed E-state index contributed by atoms with van der Waals surface area (Å²) in [5.74, 6) is -0.691. The van der Waals surface area contributed by atoms with Gasteiger partial charge in [-0.1, -0.05) is 6.08 Å². The zero-order valence-corrected chi connectivity index (χ0v) is 10.9. The van der Waals surface area contributed by atoms with Gasteiger partial charge in [0.1, 0.15) is 6.10 Å². The van der Waals surface area contributed by atoms with Crippen LogP contribution in [-0.2, 0) is 19.1 Å². The average molecular weight is 243 g/mol. The Balaban J connectivity index is 2.46. The van der Waals surface area contributed by atoms with E-state index >= 15 is 0 Å². The summed E-state index contributed by atoms with van der Waals surface area (Å²) in [6.07, 6.45) is 2.37. The number of ether oxygens (including phenoxy) is 2. The number of carbonyl (C=O) groups excluding carboxylic acids is 1. The molecule has 0 saturated carbocycles. The molecule has 98 valence electrons. The fourth-order valence-corrected chi connectivity index (χ4v) is 1.81. The van der Waals surface area contributed by atoms with Crippen LogP contribution in [0, 0.1) is 0 Å². The van der Waals surface area contributed by atoms with Crippen molar-refractivity contribution >= 4 is 5.91 Å². The second-order valence-electron chi connectivity index (χ2n) is 4.49. The molecule has 0 radical (unpaired) electrons. The third-order valence-corrected chi connectivity index (χ3v) is 2.72. The van der Waals surface area contributed by atoms with Gasteiger partial charge in [-0.25, -0.2) is 5.06 Å². The van der Waals surface area contributed by atoms with Crippen molar-refractivity contribution in [2.45, 2.75) is 44.7 Å². The smallest absolute Gasteiger partial charge is 0.245 e. The molecule has 0 bridgehead atoms. The Morgan fingerprint density at radius 1 is 1.53 bits per heavy atom. The molecule has 1 rings (SSSR count). The van der Waals surface area contributed by atoms with Gasteiger partial charge in [-0.2, -0.15) is 0 Å². The maximum atomic E-state index is 11.6. The van der Waals surface area contributed by atoms with Gasteiger partial charge in [0.25, 0.3) is 0 Å². The van der Waals surface area contributed by atoms with Crippen LogP contribution in [0.1, 0.15) is 26.7 Å². The van der Waals surface area contributed by atoms with E-state index in [9.17, 15) is 4.79 Å². The Morgan fingerprint density at radius 3 is 2.71 bits per heavy atom.